The van der Waals surface area contributed by atoms with Crippen LogP contribution in [0.2, 0.25) is 0 Å². The molecule has 0 aromatic heterocycles. The fourth-order valence-corrected chi connectivity index (χ4v) is 2.34. The van der Waals surface area contributed by atoms with Crippen LogP contribution in [0.25, 0.3) is 0 Å². The number of phenolic OH excluding ortho intramolecular Hbond substituents is 1. The van der Waals surface area contributed by atoms with E-state index in [-0.39, 0.29) is 11.8 Å². The molecule has 2 nitrogen and oxygen atoms in total. The van der Waals surface area contributed by atoms with Crippen LogP contribution in [0.5, 0.6) is 5.75 Å². The molecule has 3 N–H and O–H groups in total. The first-order valence-corrected chi connectivity index (χ1v) is 5.69. The van der Waals surface area contributed by atoms with E-state index in [2.05, 4.69) is 38.4 Å². The predicted octanol–water partition coefficient (Wildman–Crippen LogP) is 3.49. The van der Waals surface area contributed by atoms with Gasteiger partial charge in [0.25, 0.3) is 0 Å². The number of rotatable bonds is 3. The second-order valence-electron chi connectivity index (χ2n) is 2.96. The monoisotopic (exact) mass is 319 g/mol. The molecule has 0 amide bonds. The minimum absolute atomic E-state index is 0.0827. The third-order valence-electron chi connectivity index (χ3n) is 1.89. The number of hydrogen-bond acceptors (Lipinski definition) is 2. The molecule has 0 heterocycles. The molecular formula is C10H11Br2NO. The highest BCUT2D eigenvalue weighted by Gasteiger charge is 2.10. The van der Waals surface area contributed by atoms with Crippen molar-refractivity contribution in [2.75, 3.05) is 0 Å². The van der Waals surface area contributed by atoms with Crippen molar-refractivity contribution in [1.29, 1.82) is 0 Å². The Hall–Kier alpha value is -0.320. The van der Waals surface area contributed by atoms with Crippen molar-refractivity contribution in [2.24, 2.45) is 5.73 Å². The predicted molar refractivity (Wildman–Crippen MR) is 65.2 cm³/mol. The van der Waals surface area contributed by atoms with Crippen LogP contribution >= 0.6 is 31.9 Å². The second-order valence-corrected chi connectivity index (χ2v) is 4.67. The van der Waals surface area contributed by atoms with Crippen molar-refractivity contribution >= 4 is 31.9 Å². The van der Waals surface area contributed by atoms with Gasteiger partial charge >= 0.3 is 0 Å². The Morgan fingerprint density at radius 3 is 2.36 bits per heavy atom. The van der Waals surface area contributed by atoms with Gasteiger partial charge in [0.05, 0.1) is 8.95 Å². The summed E-state index contributed by atoms with van der Waals surface area (Å²) in [6, 6.07) is 3.54. The summed E-state index contributed by atoms with van der Waals surface area (Å²) in [6.45, 7) is 3.64. The van der Waals surface area contributed by atoms with Crippen LogP contribution in [0.4, 0.5) is 0 Å². The van der Waals surface area contributed by atoms with Crippen LogP contribution in [0.3, 0.4) is 0 Å². The number of nitrogens with two attached hydrogens (primary N) is 1. The van der Waals surface area contributed by atoms with E-state index in [1.54, 1.807) is 6.08 Å². The standard InChI is InChI=1S/C10H11Br2NO/c1-2-3-9(13)6-4-7(11)10(14)8(12)5-6/h2,4-5,9,14H,1,3,13H2/t9-/m0/s1. The third-order valence-corrected chi connectivity index (χ3v) is 3.10. The zero-order chi connectivity index (χ0) is 10.7. The molecule has 0 bridgehead atoms. The van der Waals surface area contributed by atoms with Gasteiger partial charge in [-0.25, -0.2) is 0 Å². The molecule has 4 heteroatoms. The first-order valence-electron chi connectivity index (χ1n) is 4.10. The highest BCUT2D eigenvalue weighted by atomic mass is 79.9. The Labute approximate surface area is 100 Å². The minimum atomic E-state index is -0.0827. The summed E-state index contributed by atoms with van der Waals surface area (Å²) in [4.78, 5) is 0. The van der Waals surface area contributed by atoms with Crippen molar-refractivity contribution in [3.63, 3.8) is 0 Å². The normalized spacial score (nSPS) is 12.5. The Balaban J connectivity index is 3.05. The first-order chi connectivity index (χ1) is 6.56. The van der Waals surface area contributed by atoms with Crippen LogP contribution < -0.4 is 5.73 Å². The average molecular weight is 321 g/mol. The molecule has 1 rings (SSSR count). The van der Waals surface area contributed by atoms with Gasteiger partial charge in [-0.2, -0.15) is 0 Å². The molecule has 0 unspecified atom stereocenters. The summed E-state index contributed by atoms with van der Waals surface area (Å²) in [6.07, 6.45) is 2.49. The minimum Gasteiger partial charge on any atom is -0.506 e. The van der Waals surface area contributed by atoms with Crippen molar-refractivity contribution in [2.45, 2.75) is 12.5 Å². The number of aromatic hydroxyl groups is 1. The summed E-state index contributed by atoms with van der Waals surface area (Å²) >= 11 is 6.51. The summed E-state index contributed by atoms with van der Waals surface area (Å²) in [5.74, 6) is 0.194. The largest absolute Gasteiger partial charge is 0.506 e. The molecular weight excluding hydrogens is 310 g/mol. The molecule has 0 spiro atoms. The number of phenols is 1. The maximum atomic E-state index is 9.49. The molecule has 0 aliphatic carbocycles. The van der Waals surface area contributed by atoms with E-state index in [4.69, 9.17) is 5.73 Å². The number of halogens is 2. The average Bonchev–Trinajstić information content (AvgIpc) is 2.13. The lowest BCUT2D eigenvalue weighted by Gasteiger charge is -2.11. The van der Waals surface area contributed by atoms with Gasteiger partial charge in [-0.15, -0.1) is 6.58 Å². The summed E-state index contributed by atoms with van der Waals surface area (Å²) in [7, 11) is 0. The maximum Gasteiger partial charge on any atom is 0.143 e. The van der Waals surface area contributed by atoms with Gasteiger partial charge in [0, 0.05) is 6.04 Å². The highest BCUT2D eigenvalue weighted by molar-refractivity contribution is 9.11. The van der Waals surface area contributed by atoms with E-state index >= 15 is 0 Å². The zero-order valence-electron chi connectivity index (χ0n) is 7.50. The Kier molecular flexibility index (Phi) is 4.16. The maximum absolute atomic E-state index is 9.49. The molecule has 0 fully saturated rings. The van der Waals surface area contributed by atoms with Gasteiger partial charge in [0.1, 0.15) is 5.75 Å². The highest BCUT2D eigenvalue weighted by Crippen LogP contribution is 2.35. The smallest absolute Gasteiger partial charge is 0.143 e. The van der Waals surface area contributed by atoms with Gasteiger partial charge in [-0.3, -0.25) is 0 Å². The van der Waals surface area contributed by atoms with Crippen LogP contribution in [0.1, 0.15) is 18.0 Å². The quantitative estimate of drug-likeness (QED) is 0.837. The van der Waals surface area contributed by atoms with Crippen molar-refractivity contribution in [3.05, 3.63) is 39.3 Å². The lowest BCUT2D eigenvalue weighted by Crippen LogP contribution is -2.08. The molecule has 0 aliphatic heterocycles. The van der Waals surface area contributed by atoms with Crippen LogP contribution in [-0.4, -0.2) is 5.11 Å². The van der Waals surface area contributed by atoms with E-state index in [0.717, 1.165) is 5.56 Å². The summed E-state index contributed by atoms with van der Waals surface area (Å²) in [5, 5.41) is 9.49. The third kappa shape index (κ3) is 2.59. The number of benzene rings is 1. The van der Waals surface area contributed by atoms with Gasteiger partial charge in [-0.1, -0.05) is 6.08 Å². The van der Waals surface area contributed by atoms with Gasteiger partial charge < -0.3 is 10.8 Å². The van der Waals surface area contributed by atoms with Crippen molar-refractivity contribution in [1.82, 2.24) is 0 Å². The summed E-state index contributed by atoms with van der Waals surface area (Å²) < 4.78 is 1.28. The molecule has 1 atom stereocenters. The van der Waals surface area contributed by atoms with E-state index < -0.39 is 0 Å². The van der Waals surface area contributed by atoms with E-state index in [1.807, 2.05) is 12.1 Å². The summed E-state index contributed by atoms with van der Waals surface area (Å²) in [5.41, 5.74) is 6.86. The van der Waals surface area contributed by atoms with E-state index in [9.17, 15) is 5.11 Å². The van der Waals surface area contributed by atoms with Gasteiger partial charge in [-0.05, 0) is 56.0 Å². The second kappa shape index (κ2) is 4.96. The Morgan fingerprint density at radius 1 is 1.43 bits per heavy atom. The zero-order valence-corrected chi connectivity index (χ0v) is 10.7. The van der Waals surface area contributed by atoms with E-state index in [1.165, 1.54) is 0 Å². The van der Waals surface area contributed by atoms with Crippen LogP contribution in [-0.2, 0) is 0 Å². The Morgan fingerprint density at radius 2 is 1.93 bits per heavy atom. The topological polar surface area (TPSA) is 46.2 Å². The SMILES string of the molecule is C=CC[C@H](N)c1cc(Br)c(O)c(Br)c1. The molecule has 0 radical (unpaired) electrons. The van der Waals surface area contributed by atoms with Gasteiger partial charge in [0.2, 0.25) is 0 Å². The van der Waals surface area contributed by atoms with Gasteiger partial charge in [0.15, 0.2) is 0 Å². The molecule has 0 saturated carbocycles. The first kappa shape index (κ1) is 11.8. The van der Waals surface area contributed by atoms with Crippen LogP contribution in [0.15, 0.2) is 33.7 Å². The molecule has 1 aromatic carbocycles. The fourth-order valence-electron chi connectivity index (χ4n) is 1.11. The number of hydrogen-bond donors (Lipinski definition) is 2. The van der Waals surface area contributed by atoms with E-state index in [0.29, 0.717) is 15.4 Å². The molecule has 14 heavy (non-hydrogen) atoms. The lowest BCUT2D eigenvalue weighted by atomic mass is 10.0. The Bertz CT molecular complexity index is 329. The fraction of sp³-hybridized carbons (Fsp3) is 0.200. The van der Waals surface area contributed by atoms with Crippen LogP contribution in [0, 0.1) is 0 Å². The molecule has 0 aliphatic rings. The van der Waals surface area contributed by atoms with Crippen molar-refractivity contribution in [3.8, 4) is 5.75 Å². The molecule has 76 valence electrons. The lowest BCUT2D eigenvalue weighted by molar-refractivity contribution is 0.468. The molecule has 1 aromatic rings. The molecule has 0 saturated heterocycles. The van der Waals surface area contributed by atoms with Crippen molar-refractivity contribution < 1.29 is 5.11 Å².